The molecule has 1 heterocycles. The zero-order valence-corrected chi connectivity index (χ0v) is 11.6. The Morgan fingerprint density at radius 2 is 1.31 bits per heavy atom. The molecule has 4 nitrogen and oxygen atoms in total. The standard InChI is InChI=1S/C6H15O4P.C4H4S/c1-4-8-11(7,9-5-2)10-6-3;1-2-4-5-3-1/h4-6H2,1-3H3;1-4H. The summed E-state index contributed by atoms with van der Waals surface area (Å²) < 4.78 is 25.8. The summed E-state index contributed by atoms with van der Waals surface area (Å²) in [7, 11) is -3.22. The van der Waals surface area contributed by atoms with Gasteiger partial charge in [-0.05, 0) is 31.5 Å². The fraction of sp³-hybridized carbons (Fsp3) is 0.600. The fourth-order valence-corrected chi connectivity index (χ4v) is 2.44. The van der Waals surface area contributed by atoms with Crippen molar-refractivity contribution in [2.24, 2.45) is 0 Å². The zero-order chi connectivity index (χ0) is 12.3. The predicted molar refractivity (Wildman–Crippen MR) is 66.8 cm³/mol. The molecule has 0 amide bonds. The van der Waals surface area contributed by atoms with Gasteiger partial charge < -0.3 is 0 Å². The molecule has 0 aliphatic carbocycles. The second-order valence-corrected chi connectivity index (χ2v) is 4.98. The lowest BCUT2D eigenvalue weighted by Gasteiger charge is -2.14. The van der Waals surface area contributed by atoms with Gasteiger partial charge in [-0.3, -0.25) is 13.6 Å². The van der Waals surface area contributed by atoms with Crippen LogP contribution < -0.4 is 0 Å². The maximum atomic E-state index is 11.3. The van der Waals surface area contributed by atoms with Crippen molar-refractivity contribution in [2.45, 2.75) is 20.8 Å². The monoisotopic (exact) mass is 266 g/mol. The summed E-state index contributed by atoms with van der Waals surface area (Å²) in [6.07, 6.45) is 0. The maximum absolute atomic E-state index is 11.3. The first-order valence-corrected chi connectivity index (χ1v) is 7.59. The molecule has 0 unspecified atom stereocenters. The van der Waals surface area contributed by atoms with Crippen LogP contribution >= 0.6 is 19.2 Å². The van der Waals surface area contributed by atoms with Gasteiger partial charge in [0.1, 0.15) is 0 Å². The molecule has 6 heteroatoms. The molecule has 0 aliphatic heterocycles. The van der Waals surface area contributed by atoms with Gasteiger partial charge in [0.25, 0.3) is 0 Å². The van der Waals surface area contributed by atoms with Crippen molar-refractivity contribution in [1.82, 2.24) is 0 Å². The van der Waals surface area contributed by atoms with Gasteiger partial charge in [0.15, 0.2) is 0 Å². The number of hydrogen-bond acceptors (Lipinski definition) is 5. The highest BCUT2D eigenvalue weighted by Crippen LogP contribution is 2.48. The van der Waals surface area contributed by atoms with Crippen molar-refractivity contribution in [3.8, 4) is 0 Å². The van der Waals surface area contributed by atoms with Crippen LogP contribution in [-0.2, 0) is 18.1 Å². The van der Waals surface area contributed by atoms with Crippen molar-refractivity contribution in [3.63, 3.8) is 0 Å². The predicted octanol–water partition coefficient (Wildman–Crippen LogP) is 3.95. The second-order valence-electron chi connectivity index (χ2n) is 2.49. The van der Waals surface area contributed by atoms with E-state index in [2.05, 4.69) is 0 Å². The summed E-state index contributed by atoms with van der Waals surface area (Å²) in [6, 6.07) is 4.04. The van der Waals surface area contributed by atoms with Crippen LogP contribution in [0, 0.1) is 0 Å². The number of phosphoric ester groups is 1. The molecule has 1 aromatic rings. The smallest absolute Gasteiger partial charge is 0.287 e. The van der Waals surface area contributed by atoms with Crippen LogP contribution in [-0.4, -0.2) is 19.8 Å². The van der Waals surface area contributed by atoms with E-state index in [1.807, 2.05) is 22.9 Å². The Morgan fingerprint density at radius 1 is 0.938 bits per heavy atom. The van der Waals surface area contributed by atoms with Crippen molar-refractivity contribution in [2.75, 3.05) is 19.8 Å². The van der Waals surface area contributed by atoms with Crippen molar-refractivity contribution in [1.29, 1.82) is 0 Å². The SMILES string of the molecule is CCOP(=O)(OCC)OCC.c1ccsc1. The van der Waals surface area contributed by atoms with Crippen LogP contribution in [0.2, 0.25) is 0 Å². The molecule has 0 N–H and O–H groups in total. The molecule has 0 saturated carbocycles. The molecule has 0 aromatic carbocycles. The van der Waals surface area contributed by atoms with Gasteiger partial charge in [-0.15, -0.1) is 0 Å². The van der Waals surface area contributed by atoms with Crippen LogP contribution in [0.5, 0.6) is 0 Å². The first-order valence-electron chi connectivity index (χ1n) is 5.19. The lowest BCUT2D eigenvalue weighted by molar-refractivity contribution is 0.126. The molecule has 94 valence electrons. The molecular weight excluding hydrogens is 247 g/mol. The molecule has 0 spiro atoms. The third-order valence-electron chi connectivity index (χ3n) is 1.29. The Morgan fingerprint density at radius 3 is 1.50 bits per heavy atom. The molecule has 0 saturated heterocycles. The molecule has 1 rings (SSSR count). The van der Waals surface area contributed by atoms with Crippen molar-refractivity contribution >= 4 is 19.2 Å². The van der Waals surface area contributed by atoms with Crippen molar-refractivity contribution < 1.29 is 18.1 Å². The van der Waals surface area contributed by atoms with E-state index in [0.717, 1.165) is 0 Å². The fourth-order valence-electron chi connectivity index (χ4n) is 0.813. The normalized spacial score (nSPS) is 10.7. The van der Waals surface area contributed by atoms with E-state index in [9.17, 15) is 4.57 Å². The Hall–Kier alpha value is -0.190. The summed E-state index contributed by atoms with van der Waals surface area (Å²) in [5, 5.41) is 4.08. The van der Waals surface area contributed by atoms with Crippen molar-refractivity contribution in [3.05, 3.63) is 22.9 Å². The third-order valence-corrected chi connectivity index (χ3v) is 3.64. The second kappa shape index (κ2) is 10.00. The Kier molecular flexibility index (Phi) is 9.88. The minimum absolute atomic E-state index is 0.331. The molecule has 0 aliphatic rings. The molecule has 0 fully saturated rings. The Labute approximate surface area is 101 Å². The van der Waals surface area contributed by atoms with Crippen LogP contribution in [0.4, 0.5) is 0 Å². The number of phosphoric acid groups is 1. The minimum Gasteiger partial charge on any atom is -0.287 e. The number of rotatable bonds is 6. The van der Waals surface area contributed by atoms with E-state index in [0.29, 0.717) is 19.8 Å². The van der Waals surface area contributed by atoms with Crippen LogP contribution in [0.3, 0.4) is 0 Å². The Bertz CT molecular complexity index is 235. The summed E-state index contributed by atoms with van der Waals surface area (Å²) in [5.41, 5.74) is 0. The van der Waals surface area contributed by atoms with Gasteiger partial charge in [0, 0.05) is 0 Å². The zero-order valence-electron chi connectivity index (χ0n) is 9.92. The lowest BCUT2D eigenvalue weighted by atomic mass is 10.7. The molecule has 0 radical (unpaired) electrons. The quantitative estimate of drug-likeness (QED) is 0.731. The molecule has 0 atom stereocenters. The van der Waals surface area contributed by atoms with Gasteiger partial charge in [-0.2, -0.15) is 11.3 Å². The number of thiophene rings is 1. The van der Waals surface area contributed by atoms with Gasteiger partial charge in [0.2, 0.25) is 0 Å². The van der Waals surface area contributed by atoms with Gasteiger partial charge >= 0.3 is 7.82 Å². The van der Waals surface area contributed by atoms with Gasteiger partial charge in [0.05, 0.1) is 19.8 Å². The van der Waals surface area contributed by atoms with Gasteiger partial charge in [-0.25, -0.2) is 4.57 Å². The molecule has 16 heavy (non-hydrogen) atoms. The topological polar surface area (TPSA) is 44.8 Å². The van der Waals surface area contributed by atoms with Crippen LogP contribution in [0.15, 0.2) is 22.9 Å². The average molecular weight is 266 g/mol. The lowest BCUT2D eigenvalue weighted by Crippen LogP contribution is -1.99. The third kappa shape index (κ3) is 8.02. The van der Waals surface area contributed by atoms with Gasteiger partial charge in [-0.1, -0.05) is 12.1 Å². The first kappa shape index (κ1) is 15.8. The van der Waals surface area contributed by atoms with E-state index < -0.39 is 7.82 Å². The maximum Gasteiger partial charge on any atom is 0.474 e. The highest BCUT2D eigenvalue weighted by atomic mass is 32.1. The average Bonchev–Trinajstić information content (AvgIpc) is 2.76. The van der Waals surface area contributed by atoms with E-state index in [-0.39, 0.29) is 0 Å². The summed E-state index contributed by atoms with van der Waals surface area (Å²) in [6.45, 7) is 6.21. The highest BCUT2D eigenvalue weighted by molar-refractivity contribution is 7.48. The summed E-state index contributed by atoms with van der Waals surface area (Å²) in [4.78, 5) is 0. The molecule has 1 aromatic heterocycles. The first-order chi connectivity index (χ1) is 7.68. The van der Waals surface area contributed by atoms with E-state index >= 15 is 0 Å². The minimum atomic E-state index is -3.22. The Balaban J connectivity index is 0.000000368. The number of hydrogen-bond donors (Lipinski definition) is 0. The van der Waals surface area contributed by atoms with E-state index in [4.69, 9.17) is 13.6 Å². The highest BCUT2D eigenvalue weighted by Gasteiger charge is 2.23. The summed E-state index contributed by atoms with van der Waals surface area (Å²) >= 11 is 1.71. The van der Waals surface area contributed by atoms with E-state index in [1.54, 1.807) is 32.1 Å². The molecular formula is C10H19O4PS. The summed E-state index contributed by atoms with van der Waals surface area (Å²) in [5.74, 6) is 0. The largest absolute Gasteiger partial charge is 0.474 e. The van der Waals surface area contributed by atoms with Crippen LogP contribution in [0.1, 0.15) is 20.8 Å². The molecule has 0 bridgehead atoms. The van der Waals surface area contributed by atoms with E-state index in [1.165, 1.54) is 0 Å². The van der Waals surface area contributed by atoms with Crippen LogP contribution in [0.25, 0.3) is 0 Å².